The number of non-ortho nitro benzene ring substituents is 1. The third-order valence-electron chi connectivity index (χ3n) is 5.48. The topological polar surface area (TPSA) is 110 Å². The monoisotopic (exact) mass is 360 g/mol. The molecule has 0 radical (unpaired) electrons. The standard InChI is InChI=1S/C18H24N4O4/c19-12-14-2-1-3-16(14)18(24)21-10-8-20(9-11-21)17(23)13-4-6-15(7-5-13)22(25)26/h4-7,14,16H,1-3,8-12,19H2/t14-,16-/m1/s1. The van der Waals surface area contributed by atoms with Crippen molar-refractivity contribution >= 4 is 17.5 Å². The fraction of sp³-hybridized carbons (Fsp3) is 0.556. The van der Waals surface area contributed by atoms with E-state index in [1.165, 1.54) is 24.3 Å². The SMILES string of the molecule is NC[C@H]1CCC[C@H]1C(=O)N1CCN(C(=O)c2ccc([N+](=O)[O-])cc2)CC1. The molecule has 2 atom stereocenters. The van der Waals surface area contributed by atoms with E-state index in [0.29, 0.717) is 38.3 Å². The minimum Gasteiger partial charge on any atom is -0.339 e. The molecule has 8 heteroatoms. The maximum atomic E-state index is 12.7. The Labute approximate surface area is 152 Å². The lowest BCUT2D eigenvalue weighted by Gasteiger charge is -2.36. The quantitative estimate of drug-likeness (QED) is 0.642. The summed E-state index contributed by atoms with van der Waals surface area (Å²) in [7, 11) is 0. The number of piperazine rings is 1. The maximum absolute atomic E-state index is 12.7. The molecule has 8 nitrogen and oxygen atoms in total. The summed E-state index contributed by atoms with van der Waals surface area (Å²) >= 11 is 0. The van der Waals surface area contributed by atoms with Gasteiger partial charge in [-0.25, -0.2) is 0 Å². The lowest BCUT2D eigenvalue weighted by Crippen LogP contribution is -2.52. The molecule has 26 heavy (non-hydrogen) atoms. The van der Waals surface area contributed by atoms with Gasteiger partial charge < -0.3 is 15.5 Å². The summed E-state index contributed by atoms with van der Waals surface area (Å²) in [6.07, 6.45) is 2.98. The zero-order chi connectivity index (χ0) is 18.7. The number of benzene rings is 1. The summed E-state index contributed by atoms with van der Waals surface area (Å²) in [5.74, 6) is 0.312. The first-order chi connectivity index (χ1) is 12.5. The first-order valence-corrected chi connectivity index (χ1v) is 9.04. The Bertz CT molecular complexity index is 683. The number of nitrogens with zero attached hydrogens (tertiary/aromatic N) is 3. The molecule has 0 aromatic heterocycles. The minimum atomic E-state index is -0.490. The number of carbonyl (C=O) groups is 2. The predicted octanol–water partition coefficient (Wildman–Crippen LogP) is 1.25. The second-order valence-electron chi connectivity index (χ2n) is 6.95. The number of nitrogens with two attached hydrogens (primary N) is 1. The summed E-state index contributed by atoms with van der Waals surface area (Å²) < 4.78 is 0. The normalized spacial score (nSPS) is 23.1. The van der Waals surface area contributed by atoms with E-state index in [4.69, 9.17) is 5.73 Å². The van der Waals surface area contributed by atoms with E-state index < -0.39 is 4.92 Å². The van der Waals surface area contributed by atoms with Gasteiger partial charge in [-0.3, -0.25) is 19.7 Å². The maximum Gasteiger partial charge on any atom is 0.269 e. The Morgan fingerprint density at radius 2 is 1.69 bits per heavy atom. The molecule has 2 aliphatic rings. The third-order valence-corrected chi connectivity index (χ3v) is 5.48. The van der Waals surface area contributed by atoms with Gasteiger partial charge in [0.1, 0.15) is 0 Å². The third kappa shape index (κ3) is 3.70. The van der Waals surface area contributed by atoms with Crippen molar-refractivity contribution < 1.29 is 14.5 Å². The molecule has 1 aliphatic heterocycles. The molecule has 1 heterocycles. The van der Waals surface area contributed by atoms with Crippen molar-refractivity contribution in [2.75, 3.05) is 32.7 Å². The van der Waals surface area contributed by atoms with Crippen LogP contribution in [0.15, 0.2) is 24.3 Å². The van der Waals surface area contributed by atoms with Crippen molar-refractivity contribution in [2.24, 2.45) is 17.6 Å². The van der Waals surface area contributed by atoms with E-state index in [1.54, 1.807) is 4.90 Å². The summed E-state index contributed by atoms with van der Waals surface area (Å²) in [4.78, 5) is 39.0. The van der Waals surface area contributed by atoms with Crippen LogP contribution in [-0.2, 0) is 4.79 Å². The minimum absolute atomic E-state index is 0.0249. The Hall–Kier alpha value is -2.48. The molecule has 140 valence electrons. The van der Waals surface area contributed by atoms with Crippen LogP contribution in [0.2, 0.25) is 0 Å². The molecule has 0 spiro atoms. The fourth-order valence-electron chi connectivity index (χ4n) is 3.92. The van der Waals surface area contributed by atoms with Crippen molar-refractivity contribution in [3.05, 3.63) is 39.9 Å². The van der Waals surface area contributed by atoms with Crippen molar-refractivity contribution in [1.29, 1.82) is 0 Å². The molecule has 0 unspecified atom stereocenters. The Morgan fingerprint density at radius 1 is 1.08 bits per heavy atom. The molecule has 2 N–H and O–H groups in total. The first kappa shape index (κ1) is 18.3. The highest BCUT2D eigenvalue weighted by Crippen LogP contribution is 2.32. The van der Waals surface area contributed by atoms with Gasteiger partial charge in [-0.1, -0.05) is 6.42 Å². The van der Waals surface area contributed by atoms with Gasteiger partial charge in [-0.15, -0.1) is 0 Å². The molecular formula is C18H24N4O4. The summed E-state index contributed by atoms with van der Waals surface area (Å²) in [5.41, 5.74) is 6.17. The molecule has 1 aliphatic carbocycles. The van der Waals surface area contributed by atoms with Gasteiger partial charge in [0.2, 0.25) is 5.91 Å². The zero-order valence-electron chi connectivity index (χ0n) is 14.7. The number of hydrogen-bond donors (Lipinski definition) is 1. The van der Waals surface area contributed by atoms with E-state index in [9.17, 15) is 19.7 Å². The lowest BCUT2D eigenvalue weighted by molar-refractivity contribution is -0.384. The Morgan fingerprint density at radius 3 is 2.27 bits per heavy atom. The molecule has 2 amide bonds. The summed E-state index contributed by atoms with van der Waals surface area (Å²) in [6, 6.07) is 5.62. The van der Waals surface area contributed by atoms with Crippen LogP contribution in [0, 0.1) is 22.0 Å². The van der Waals surface area contributed by atoms with Gasteiger partial charge in [0, 0.05) is 49.8 Å². The highest BCUT2D eigenvalue weighted by molar-refractivity contribution is 5.94. The lowest BCUT2D eigenvalue weighted by atomic mass is 9.94. The van der Waals surface area contributed by atoms with Crippen LogP contribution in [0.1, 0.15) is 29.6 Å². The second-order valence-corrected chi connectivity index (χ2v) is 6.95. The van der Waals surface area contributed by atoms with E-state index in [1.807, 2.05) is 4.90 Å². The Kier molecular flexibility index (Phi) is 5.51. The summed E-state index contributed by atoms with van der Waals surface area (Å²) in [5, 5.41) is 10.7. The van der Waals surface area contributed by atoms with Gasteiger partial charge in [-0.2, -0.15) is 0 Å². The zero-order valence-corrected chi connectivity index (χ0v) is 14.7. The van der Waals surface area contributed by atoms with Crippen molar-refractivity contribution in [3.8, 4) is 0 Å². The fourth-order valence-corrected chi connectivity index (χ4v) is 3.92. The molecule has 1 saturated carbocycles. The summed E-state index contributed by atoms with van der Waals surface area (Å²) in [6.45, 7) is 2.54. The van der Waals surface area contributed by atoms with Gasteiger partial charge in [0.05, 0.1) is 4.92 Å². The highest BCUT2D eigenvalue weighted by atomic mass is 16.6. The van der Waals surface area contributed by atoms with Crippen LogP contribution in [0.3, 0.4) is 0 Å². The highest BCUT2D eigenvalue weighted by Gasteiger charge is 2.36. The Balaban J connectivity index is 1.57. The number of amides is 2. The molecule has 1 aromatic rings. The number of hydrogen-bond acceptors (Lipinski definition) is 5. The van der Waals surface area contributed by atoms with E-state index in [-0.39, 0.29) is 29.3 Å². The molecular weight excluding hydrogens is 336 g/mol. The number of rotatable bonds is 4. The number of nitro benzene ring substituents is 1. The average molecular weight is 360 g/mol. The van der Waals surface area contributed by atoms with Crippen LogP contribution in [0.5, 0.6) is 0 Å². The van der Waals surface area contributed by atoms with Crippen molar-refractivity contribution in [1.82, 2.24) is 9.80 Å². The van der Waals surface area contributed by atoms with Crippen molar-refractivity contribution in [3.63, 3.8) is 0 Å². The second kappa shape index (κ2) is 7.82. The van der Waals surface area contributed by atoms with Crippen LogP contribution >= 0.6 is 0 Å². The molecule has 2 fully saturated rings. The van der Waals surface area contributed by atoms with Gasteiger partial charge >= 0.3 is 0 Å². The largest absolute Gasteiger partial charge is 0.339 e. The van der Waals surface area contributed by atoms with E-state index >= 15 is 0 Å². The van der Waals surface area contributed by atoms with Gasteiger partial charge in [0.25, 0.3) is 11.6 Å². The van der Waals surface area contributed by atoms with Gasteiger partial charge in [0.15, 0.2) is 0 Å². The molecule has 1 saturated heterocycles. The number of nitro groups is 1. The van der Waals surface area contributed by atoms with E-state index in [0.717, 1.165) is 19.3 Å². The first-order valence-electron chi connectivity index (χ1n) is 9.04. The smallest absolute Gasteiger partial charge is 0.269 e. The van der Waals surface area contributed by atoms with Crippen LogP contribution in [-0.4, -0.2) is 59.3 Å². The number of carbonyl (C=O) groups excluding carboxylic acids is 2. The molecule has 1 aromatic carbocycles. The van der Waals surface area contributed by atoms with Crippen LogP contribution in [0.25, 0.3) is 0 Å². The average Bonchev–Trinajstić information content (AvgIpc) is 3.16. The predicted molar refractivity (Wildman–Crippen MR) is 95.5 cm³/mol. The van der Waals surface area contributed by atoms with Crippen molar-refractivity contribution in [2.45, 2.75) is 19.3 Å². The van der Waals surface area contributed by atoms with Crippen LogP contribution < -0.4 is 5.73 Å². The molecule has 0 bridgehead atoms. The van der Waals surface area contributed by atoms with Crippen LogP contribution in [0.4, 0.5) is 5.69 Å². The van der Waals surface area contributed by atoms with E-state index in [2.05, 4.69) is 0 Å². The van der Waals surface area contributed by atoms with Gasteiger partial charge in [-0.05, 0) is 37.4 Å². The molecule has 3 rings (SSSR count).